The van der Waals surface area contributed by atoms with Gasteiger partial charge in [0.1, 0.15) is 0 Å². The standard InChI is InChI=1S/C6H14BrN/c1-5(2)4-6(7)8-3/h5-6,8H,4H2,1-3H3. The third kappa shape index (κ3) is 4.60. The predicted octanol–water partition coefficient (Wildman–Crippen LogP) is 1.97. The van der Waals surface area contributed by atoms with Crippen molar-refractivity contribution in [2.24, 2.45) is 5.92 Å². The maximum atomic E-state index is 3.47. The first-order valence-electron chi connectivity index (χ1n) is 2.98. The Bertz CT molecular complexity index is 54.5. The molecule has 0 aromatic carbocycles. The number of hydrogen-bond acceptors (Lipinski definition) is 1. The molecular formula is C6H14BrN. The lowest BCUT2D eigenvalue weighted by Gasteiger charge is -2.09. The van der Waals surface area contributed by atoms with Crippen molar-refractivity contribution >= 4 is 15.9 Å². The smallest absolute Gasteiger partial charge is 0.0630 e. The predicted molar refractivity (Wildman–Crippen MR) is 41.2 cm³/mol. The third-order valence-corrected chi connectivity index (χ3v) is 1.82. The molecule has 1 atom stereocenters. The summed E-state index contributed by atoms with van der Waals surface area (Å²) >= 11 is 3.47. The molecule has 0 saturated carbocycles. The van der Waals surface area contributed by atoms with Crippen molar-refractivity contribution in [3.8, 4) is 0 Å². The molecule has 0 aliphatic rings. The Morgan fingerprint density at radius 2 is 2.00 bits per heavy atom. The van der Waals surface area contributed by atoms with E-state index in [-0.39, 0.29) is 0 Å². The van der Waals surface area contributed by atoms with E-state index in [4.69, 9.17) is 0 Å². The Hall–Kier alpha value is 0.440. The molecule has 0 aliphatic carbocycles. The Kier molecular flexibility index (Phi) is 4.57. The van der Waals surface area contributed by atoms with Crippen LogP contribution in [0.25, 0.3) is 0 Å². The molecule has 50 valence electrons. The summed E-state index contributed by atoms with van der Waals surface area (Å²) < 4.78 is 0. The topological polar surface area (TPSA) is 12.0 Å². The maximum Gasteiger partial charge on any atom is 0.0630 e. The number of nitrogens with one attached hydrogen (secondary N) is 1. The molecule has 1 nitrogen and oxygen atoms in total. The van der Waals surface area contributed by atoms with Gasteiger partial charge in [0.05, 0.1) is 4.95 Å². The average Bonchev–Trinajstić information content (AvgIpc) is 1.65. The molecule has 0 radical (unpaired) electrons. The van der Waals surface area contributed by atoms with Gasteiger partial charge >= 0.3 is 0 Å². The molecule has 0 aromatic heterocycles. The molecule has 0 aliphatic heterocycles. The van der Waals surface area contributed by atoms with E-state index < -0.39 is 0 Å². The van der Waals surface area contributed by atoms with Gasteiger partial charge in [0.15, 0.2) is 0 Å². The summed E-state index contributed by atoms with van der Waals surface area (Å²) in [6.45, 7) is 4.43. The molecule has 1 N–H and O–H groups in total. The van der Waals surface area contributed by atoms with E-state index in [0.29, 0.717) is 4.95 Å². The molecular weight excluding hydrogens is 166 g/mol. The molecule has 0 bridgehead atoms. The van der Waals surface area contributed by atoms with Crippen molar-refractivity contribution < 1.29 is 0 Å². The van der Waals surface area contributed by atoms with Crippen LogP contribution in [0.5, 0.6) is 0 Å². The number of hydrogen-bond donors (Lipinski definition) is 1. The van der Waals surface area contributed by atoms with E-state index >= 15 is 0 Å². The highest BCUT2D eigenvalue weighted by Crippen LogP contribution is 2.08. The Balaban J connectivity index is 3.10. The lowest BCUT2D eigenvalue weighted by molar-refractivity contribution is 0.542. The zero-order valence-electron chi connectivity index (χ0n) is 5.74. The SMILES string of the molecule is CNC(Br)CC(C)C. The van der Waals surface area contributed by atoms with Crippen LogP contribution in [0, 0.1) is 5.92 Å². The highest BCUT2D eigenvalue weighted by molar-refractivity contribution is 9.09. The fourth-order valence-electron chi connectivity index (χ4n) is 0.532. The van der Waals surface area contributed by atoms with Gasteiger partial charge in [-0.05, 0) is 19.4 Å². The van der Waals surface area contributed by atoms with Gasteiger partial charge in [-0.2, -0.15) is 0 Å². The summed E-state index contributed by atoms with van der Waals surface area (Å²) in [7, 11) is 1.96. The minimum absolute atomic E-state index is 0.488. The van der Waals surface area contributed by atoms with Crippen LogP contribution in [0.15, 0.2) is 0 Å². The molecule has 0 fully saturated rings. The normalized spacial score (nSPS) is 14.6. The van der Waals surface area contributed by atoms with Crippen molar-refractivity contribution in [1.82, 2.24) is 5.32 Å². The molecule has 8 heavy (non-hydrogen) atoms. The van der Waals surface area contributed by atoms with Gasteiger partial charge < -0.3 is 5.32 Å². The first kappa shape index (κ1) is 8.44. The van der Waals surface area contributed by atoms with E-state index in [0.717, 1.165) is 5.92 Å². The lowest BCUT2D eigenvalue weighted by atomic mass is 10.1. The van der Waals surface area contributed by atoms with Gasteiger partial charge in [-0.3, -0.25) is 0 Å². The summed E-state index contributed by atoms with van der Waals surface area (Å²) in [5.74, 6) is 0.770. The van der Waals surface area contributed by atoms with Gasteiger partial charge in [0, 0.05) is 0 Å². The van der Waals surface area contributed by atoms with Crippen molar-refractivity contribution in [3.05, 3.63) is 0 Å². The van der Waals surface area contributed by atoms with Crippen LogP contribution in [0.1, 0.15) is 20.3 Å². The lowest BCUT2D eigenvalue weighted by Crippen LogP contribution is -2.19. The minimum atomic E-state index is 0.488. The summed E-state index contributed by atoms with van der Waals surface area (Å²) in [5, 5.41) is 3.11. The van der Waals surface area contributed by atoms with Gasteiger partial charge in [0.2, 0.25) is 0 Å². The van der Waals surface area contributed by atoms with Crippen molar-refractivity contribution in [2.45, 2.75) is 25.2 Å². The van der Waals surface area contributed by atoms with Gasteiger partial charge in [-0.1, -0.05) is 29.8 Å². The molecule has 0 spiro atoms. The first-order valence-corrected chi connectivity index (χ1v) is 3.89. The van der Waals surface area contributed by atoms with Crippen molar-refractivity contribution in [1.29, 1.82) is 0 Å². The third-order valence-electron chi connectivity index (χ3n) is 0.992. The fourth-order valence-corrected chi connectivity index (χ4v) is 1.28. The van der Waals surface area contributed by atoms with Crippen LogP contribution in [0.3, 0.4) is 0 Å². The molecule has 0 saturated heterocycles. The van der Waals surface area contributed by atoms with Crippen molar-refractivity contribution in [3.63, 3.8) is 0 Å². The fraction of sp³-hybridized carbons (Fsp3) is 1.00. The summed E-state index contributed by atoms with van der Waals surface area (Å²) in [5.41, 5.74) is 0. The van der Waals surface area contributed by atoms with Crippen LogP contribution in [-0.4, -0.2) is 12.0 Å². The van der Waals surface area contributed by atoms with Crippen LogP contribution in [0.4, 0.5) is 0 Å². The quantitative estimate of drug-likeness (QED) is 0.517. The Morgan fingerprint density at radius 3 is 2.12 bits per heavy atom. The zero-order chi connectivity index (χ0) is 6.57. The highest BCUT2D eigenvalue weighted by atomic mass is 79.9. The molecule has 0 rings (SSSR count). The van der Waals surface area contributed by atoms with E-state index in [1.165, 1.54) is 6.42 Å². The van der Waals surface area contributed by atoms with Gasteiger partial charge in [0.25, 0.3) is 0 Å². The summed E-state index contributed by atoms with van der Waals surface area (Å²) in [6.07, 6.45) is 1.19. The molecule has 2 heteroatoms. The van der Waals surface area contributed by atoms with Crippen LogP contribution in [0.2, 0.25) is 0 Å². The molecule has 1 unspecified atom stereocenters. The summed E-state index contributed by atoms with van der Waals surface area (Å²) in [6, 6.07) is 0. The molecule has 0 amide bonds. The maximum absolute atomic E-state index is 3.47. The average molecular weight is 180 g/mol. The minimum Gasteiger partial charge on any atom is -0.308 e. The first-order chi connectivity index (χ1) is 3.66. The molecule has 0 heterocycles. The largest absolute Gasteiger partial charge is 0.308 e. The number of halogens is 1. The van der Waals surface area contributed by atoms with E-state index in [1.807, 2.05) is 7.05 Å². The van der Waals surface area contributed by atoms with E-state index in [2.05, 4.69) is 35.1 Å². The highest BCUT2D eigenvalue weighted by Gasteiger charge is 2.01. The Morgan fingerprint density at radius 1 is 1.50 bits per heavy atom. The zero-order valence-corrected chi connectivity index (χ0v) is 7.33. The second-order valence-corrected chi connectivity index (χ2v) is 3.49. The Labute approximate surface area is 60.0 Å². The summed E-state index contributed by atoms with van der Waals surface area (Å²) in [4.78, 5) is 0.488. The number of alkyl halides is 1. The van der Waals surface area contributed by atoms with Crippen LogP contribution in [-0.2, 0) is 0 Å². The second-order valence-electron chi connectivity index (χ2n) is 2.39. The van der Waals surface area contributed by atoms with Gasteiger partial charge in [-0.15, -0.1) is 0 Å². The van der Waals surface area contributed by atoms with Crippen molar-refractivity contribution in [2.75, 3.05) is 7.05 Å². The van der Waals surface area contributed by atoms with E-state index in [1.54, 1.807) is 0 Å². The van der Waals surface area contributed by atoms with Crippen LogP contribution < -0.4 is 5.32 Å². The monoisotopic (exact) mass is 179 g/mol. The van der Waals surface area contributed by atoms with Crippen LogP contribution >= 0.6 is 15.9 Å². The van der Waals surface area contributed by atoms with Gasteiger partial charge in [-0.25, -0.2) is 0 Å². The molecule has 0 aromatic rings. The number of rotatable bonds is 3. The van der Waals surface area contributed by atoms with E-state index in [9.17, 15) is 0 Å². The second kappa shape index (κ2) is 4.33.